The van der Waals surface area contributed by atoms with Gasteiger partial charge in [-0.1, -0.05) is 0 Å². The van der Waals surface area contributed by atoms with E-state index < -0.39 is 5.91 Å². The summed E-state index contributed by atoms with van der Waals surface area (Å²) in [7, 11) is 0. The Labute approximate surface area is 108 Å². The van der Waals surface area contributed by atoms with Gasteiger partial charge in [0.1, 0.15) is 0 Å². The van der Waals surface area contributed by atoms with Crippen LogP contribution in [0.3, 0.4) is 0 Å². The summed E-state index contributed by atoms with van der Waals surface area (Å²) in [6.45, 7) is 0. The van der Waals surface area contributed by atoms with Crippen LogP contribution in [-0.2, 0) is 5.75 Å². The Balaban J connectivity index is 2.04. The summed E-state index contributed by atoms with van der Waals surface area (Å²) in [6.07, 6.45) is 1.48. The number of hydrogen-bond acceptors (Lipinski definition) is 5. The van der Waals surface area contributed by atoms with E-state index in [0.29, 0.717) is 5.75 Å². The Hall–Kier alpha value is -1.92. The molecule has 0 radical (unpaired) electrons. The first kappa shape index (κ1) is 12.5. The second kappa shape index (κ2) is 5.61. The lowest BCUT2D eigenvalue weighted by atomic mass is 10.3. The number of carbonyl (C=O) groups is 1. The van der Waals surface area contributed by atoms with E-state index in [-0.39, 0.29) is 5.76 Å². The standard InChI is InChI=1S/C12H13N3O2S/c13-9-1-3-10(4-2-9)18-7-8-5-6-17-11(8)12(16)15-14/h1-6H,7,13-14H2,(H,15,16). The molecule has 94 valence electrons. The fourth-order valence-corrected chi connectivity index (χ4v) is 2.32. The van der Waals surface area contributed by atoms with Gasteiger partial charge in [-0.3, -0.25) is 10.2 Å². The van der Waals surface area contributed by atoms with Crippen LogP contribution in [0.25, 0.3) is 0 Å². The Bertz CT molecular complexity index is 537. The van der Waals surface area contributed by atoms with Crippen LogP contribution in [0.4, 0.5) is 5.69 Å². The molecule has 0 aliphatic rings. The fourth-order valence-electron chi connectivity index (χ4n) is 1.44. The molecule has 0 spiro atoms. The summed E-state index contributed by atoms with van der Waals surface area (Å²) in [5.41, 5.74) is 9.20. The Kier molecular flexibility index (Phi) is 3.91. The van der Waals surface area contributed by atoms with Gasteiger partial charge in [-0.15, -0.1) is 11.8 Å². The molecule has 0 aliphatic heterocycles. The number of benzene rings is 1. The van der Waals surface area contributed by atoms with Crippen molar-refractivity contribution in [2.45, 2.75) is 10.6 Å². The van der Waals surface area contributed by atoms with Gasteiger partial charge in [0.2, 0.25) is 0 Å². The number of nitrogen functional groups attached to an aromatic ring is 2. The van der Waals surface area contributed by atoms with E-state index in [4.69, 9.17) is 16.0 Å². The monoisotopic (exact) mass is 263 g/mol. The molecule has 1 aromatic carbocycles. The largest absolute Gasteiger partial charge is 0.459 e. The molecule has 5 N–H and O–H groups in total. The first-order valence-corrected chi connectivity index (χ1v) is 6.25. The van der Waals surface area contributed by atoms with Crippen molar-refractivity contribution in [3.8, 4) is 0 Å². The maximum atomic E-state index is 11.4. The maximum absolute atomic E-state index is 11.4. The zero-order valence-electron chi connectivity index (χ0n) is 9.55. The Morgan fingerprint density at radius 2 is 2.00 bits per heavy atom. The molecule has 0 unspecified atom stereocenters. The molecule has 1 aromatic heterocycles. The third-order valence-electron chi connectivity index (χ3n) is 2.36. The average Bonchev–Trinajstić information content (AvgIpc) is 2.85. The van der Waals surface area contributed by atoms with E-state index in [0.717, 1.165) is 16.1 Å². The quantitative estimate of drug-likeness (QED) is 0.257. The number of nitrogens with one attached hydrogen (secondary N) is 1. The van der Waals surface area contributed by atoms with Crippen LogP contribution in [0.15, 0.2) is 45.9 Å². The van der Waals surface area contributed by atoms with E-state index in [1.807, 2.05) is 24.3 Å². The molecule has 0 aliphatic carbocycles. The van der Waals surface area contributed by atoms with Crippen LogP contribution in [0.2, 0.25) is 0 Å². The number of nitrogens with two attached hydrogens (primary N) is 2. The highest BCUT2D eigenvalue weighted by molar-refractivity contribution is 7.98. The number of furan rings is 1. The number of hydrogen-bond donors (Lipinski definition) is 3. The molecule has 0 fully saturated rings. The second-order valence-electron chi connectivity index (χ2n) is 3.61. The van der Waals surface area contributed by atoms with Crippen molar-refractivity contribution in [2.24, 2.45) is 5.84 Å². The van der Waals surface area contributed by atoms with Crippen molar-refractivity contribution in [3.63, 3.8) is 0 Å². The third kappa shape index (κ3) is 2.85. The molecule has 0 saturated heterocycles. The summed E-state index contributed by atoms with van der Waals surface area (Å²) < 4.78 is 5.10. The number of hydrazine groups is 1. The van der Waals surface area contributed by atoms with Gasteiger partial charge in [0.05, 0.1) is 6.26 Å². The van der Waals surface area contributed by atoms with Crippen LogP contribution in [0.1, 0.15) is 16.1 Å². The lowest BCUT2D eigenvalue weighted by molar-refractivity contribution is 0.0925. The molecule has 0 saturated carbocycles. The molecule has 6 heteroatoms. The van der Waals surface area contributed by atoms with Crippen LogP contribution in [-0.4, -0.2) is 5.91 Å². The van der Waals surface area contributed by atoms with E-state index >= 15 is 0 Å². The smallest absolute Gasteiger partial charge is 0.301 e. The van der Waals surface area contributed by atoms with E-state index in [1.165, 1.54) is 6.26 Å². The molecule has 1 heterocycles. The van der Waals surface area contributed by atoms with Crippen molar-refractivity contribution < 1.29 is 9.21 Å². The highest BCUT2D eigenvalue weighted by atomic mass is 32.2. The van der Waals surface area contributed by atoms with Gasteiger partial charge < -0.3 is 10.2 Å². The van der Waals surface area contributed by atoms with Crippen molar-refractivity contribution in [2.75, 3.05) is 5.73 Å². The minimum atomic E-state index is -0.423. The van der Waals surface area contributed by atoms with Gasteiger partial charge in [0.25, 0.3) is 0 Å². The predicted octanol–water partition coefficient (Wildman–Crippen LogP) is 1.76. The molecular formula is C12H13N3O2S. The zero-order valence-corrected chi connectivity index (χ0v) is 10.4. The number of carbonyl (C=O) groups excluding carboxylic acids is 1. The van der Waals surface area contributed by atoms with Crippen molar-refractivity contribution in [1.29, 1.82) is 0 Å². The Morgan fingerprint density at radius 3 is 2.67 bits per heavy atom. The maximum Gasteiger partial charge on any atom is 0.301 e. The molecule has 1 amide bonds. The van der Waals surface area contributed by atoms with Gasteiger partial charge in [0.15, 0.2) is 5.76 Å². The van der Waals surface area contributed by atoms with Crippen LogP contribution in [0, 0.1) is 0 Å². The zero-order chi connectivity index (χ0) is 13.0. The van der Waals surface area contributed by atoms with Gasteiger partial charge in [0, 0.05) is 21.9 Å². The molecule has 2 rings (SSSR count). The summed E-state index contributed by atoms with van der Waals surface area (Å²) in [5.74, 6) is 5.53. The summed E-state index contributed by atoms with van der Waals surface area (Å²) in [5, 5.41) is 0. The van der Waals surface area contributed by atoms with Gasteiger partial charge >= 0.3 is 5.91 Å². The summed E-state index contributed by atoms with van der Waals surface area (Å²) in [4.78, 5) is 12.5. The normalized spacial score (nSPS) is 10.3. The topological polar surface area (TPSA) is 94.3 Å². The van der Waals surface area contributed by atoms with E-state index in [9.17, 15) is 4.79 Å². The average molecular weight is 263 g/mol. The predicted molar refractivity (Wildman–Crippen MR) is 70.8 cm³/mol. The van der Waals surface area contributed by atoms with Gasteiger partial charge in [-0.2, -0.15) is 0 Å². The number of anilines is 1. The molecule has 0 atom stereocenters. The summed E-state index contributed by atoms with van der Waals surface area (Å²) >= 11 is 1.59. The number of thioether (sulfide) groups is 1. The minimum absolute atomic E-state index is 0.250. The van der Waals surface area contributed by atoms with Crippen molar-refractivity contribution in [3.05, 3.63) is 47.9 Å². The van der Waals surface area contributed by atoms with Crippen LogP contribution in [0.5, 0.6) is 0 Å². The lowest BCUT2D eigenvalue weighted by Gasteiger charge is -2.02. The molecular weight excluding hydrogens is 250 g/mol. The van der Waals surface area contributed by atoms with Crippen LogP contribution >= 0.6 is 11.8 Å². The fraction of sp³-hybridized carbons (Fsp3) is 0.0833. The highest BCUT2D eigenvalue weighted by Crippen LogP contribution is 2.25. The second-order valence-corrected chi connectivity index (χ2v) is 4.65. The summed E-state index contributed by atoms with van der Waals surface area (Å²) in [6, 6.07) is 9.30. The first-order chi connectivity index (χ1) is 8.70. The molecule has 2 aromatic rings. The Morgan fingerprint density at radius 1 is 1.28 bits per heavy atom. The highest BCUT2D eigenvalue weighted by Gasteiger charge is 2.14. The lowest BCUT2D eigenvalue weighted by Crippen LogP contribution is -2.30. The minimum Gasteiger partial charge on any atom is -0.459 e. The van der Waals surface area contributed by atoms with E-state index in [2.05, 4.69) is 5.43 Å². The number of rotatable bonds is 4. The SMILES string of the molecule is NNC(=O)c1occc1CSc1ccc(N)cc1. The molecule has 18 heavy (non-hydrogen) atoms. The molecule has 0 bridgehead atoms. The van der Waals surface area contributed by atoms with E-state index in [1.54, 1.807) is 17.8 Å². The number of amides is 1. The third-order valence-corrected chi connectivity index (χ3v) is 3.42. The first-order valence-electron chi connectivity index (χ1n) is 5.26. The van der Waals surface area contributed by atoms with Crippen LogP contribution < -0.4 is 17.0 Å². The van der Waals surface area contributed by atoms with Gasteiger partial charge in [-0.05, 0) is 30.3 Å². The van der Waals surface area contributed by atoms with Gasteiger partial charge in [-0.25, -0.2) is 5.84 Å². The molecule has 5 nitrogen and oxygen atoms in total. The van der Waals surface area contributed by atoms with Crippen molar-refractivity contribution >= 4 is 23.4 Å². The van der Waals surface area contributed by atoms with Crippen molar-refractivity contribution in [1.82, 2.24) is 5.43 Å².